The summed E-state index contributed by atoms with van der Waals surface area (Å²) in [6.07, 6.45) is 4.97. The molecule has 132 valence electrons. The highest BCUT2D eigenvalue weighted by Gasteiger charge is 2.14. The molecule has 1 aromatic heterocycles. The smallest absolute Gasteiger partial charge is 0.205 e. The third kappa shape index (κ3) is 4.29. The Kier molecular flexibility index (Phi) is 6.02. The van der Waals surface area contributed by atoms with Crippen LogP contribution in [0, 0.1) is 0 Å². The van der Waals surface area contributed by atoms with Crippen molar-refractivity contribution in [3.63, 3.8) is 0 Å². The third-order valence-electron chi connectivity index (χ3n) is 3.90. The lowest BCUT2D eigenvalue weighted by Crippen LogP contribution is -2.07. The number of para-hydroxylation sites is 1. The van der Waals surface area contributed by atoms with Crippen LogP contribution in [0.25, 0.3) is 6.08 Å². The molecule has 0 fully saturated rings. The molecule has 0 unspecified atom stereocenters. The second-order valence-corrected chi connectivity index (χ2v) is 6.52. The predicted molar refractivity (Wildman–Crippen MR) is 106 cm³/mol. The van der Waals surface area contributed by atoms with Crippen molar-refractivity contribution in [1.29, 1.82) is 0 Å². The van der Waals surface area contributed by atoms with Crippen LogP contribution < -0.4 is 4.74 Å². The van der Waals surface area contributed by atoms with E-state index in [2.05, 4.69) is 21.0 Å². The van der Waals surface area contributed by atoms with Gasteiger partial charge in [-0.3, -0.25) is 9.48 Å². The van der Waals surface area contributed by atoms with E-state index in [0.29, 0.717) is 23.3 Å². The normalized spacial score (nSPS) is 11.0. The zero-order valence-electron chi connectivity index (χ0n) is 14.4. The average molecular weight is 411 g/mol. The summed E-state index contributed by atoms with van der Waals surface area (Å²) in [5.74, 6) is 0.637. The van der Waals surface area contributed by atoms with Gasteiger partial charge in [0.05, 0.1) is 10.7 Å². The second kappa shape index (κ2) is 8.63. The molecule has 3 aromatic rings. The van der Waals surface area contributed by atoms with E-state index in [1.54, 1.807) is 23.0 Å². The van der Waals surface area contributed by atoms with Crippen molar-refractivity contribution in [2.45, 2.75) is 20.1 Å². The van der Waals surface area contributed by atoms with Crippen molar-refractivity contribution in [1.82, 2.24) is 9.78 Å². The number of aryl methyl sites for hydroxylation is 1. The highest BCUT2D eigenvalue weighted by atomic mass is 79.9. The van der Waals surface area contributed by atoms with Crippen molar-refractivity contribution in [3.8, 4) is 5.75 Å². The monoisotopic (exact) mass is 410 g/mol. The average Bonchev–Trinajstić information content (AvgIpc) is 3.06. The number of halogens is 1. The molecular weight excluding hydrogens is 392 g/mol. The van der Waals surface area contributed by atoms with Gasteiger partial charge in [-0.2, -0.15) is 5.10 Å². The van der Waals surface area contributed by atoms with E-state index in [0.717, 1.165) is 16.9 Å². The molecule has 0 aliphatic rings. The minimum absolute atomic E-state index is 0.103. The van der Waals surface area contributed by atoms with Gasteiger partial charge in [0.15, 0.2) is 0 Å². The number of nitrogens with zero attached hydrogens (tertiary/aromatic N) is 2. The summed E-state index contributed by atoms with van der Waals surface area (Å²) in [5, 5.41) is 4.18. The standard InChI is InChI=1S/C21H19BrN2O2/c1-2-24-21(18(22)14-23-24)19(25)13-12-17-10-6-7-11-20(17)26-15-16-8-4-3-5-9-16/h3-14H,2,15H2,1H3/b13-12+. The van der Waals surface area contributed by atoms with E-state index >= 15 is 0 Å². The molecule has 0 atom stereocenters. The number of rotatable bonds is 7. The minimum Gasteiger partial charge on any atom is -0.488 e. The van der Waals surface area contributed by atoms with Crippen LogP contribution in [0.2, 0.25) is 0 Å². The summed E-state index contributed by atoms with van der Waals surface area (Å²) in [6, 6.07) is 17.7. The zero-order chi connectivity index (χ0) is 18.4. The maximum absolute atomic E-state index is 12.6. The van der Waals surface area contributed by atoms with Crippen LogP contribution in [-0.2, 0) is 13.2 Å². The molecule has 0 saturated heterocycles. The Balaban J connectivity index is 1.76. The molecule has 1 heterocycles. The van der Waals surface area contributed by atoms with Crippen LogP contribution in [-0.4, -0.2) is 15.6 Å². The topological polar surface area (TPSA) is 44.1 Å². The van der Waals surface area contributed by atoms with E-state index in [9.17, 15) is 4.79 Å². The van der Waals surface area contributed by atoms with Crippen LogP contribution in [0.5, 0.6) is 5.75 Å². The fraction of sp³-hybridized carbons (Fsp3) is 0.143. The molecule has 3 rings (SSSR count). The summed E-state index contributed by atoms with van der Waals surface area (Å²) < 4.78 is 8.30. The molecule has 0 aliphatic heterocycles. The number of ketones is 1. The fourth-order valence-corrected chi connectivity index (χ4v) is 3.07. The first-order valence-electron chi connectivity index (χ1n) is 8.38. The van der Waals surface area contributed by atoms with Gasteiger partial charge in [-0.1, -0.05) is 48.5 Å². The maximum atomic E-state index is 12.6. The van der Waals surface area contributed by atoms with Crippen molar-refractivity contribution < 1.29 is 9.53 Å². The van der Waals surface area contributed by atoms with Gasteiger partial charge in [0.2, 0.25) is 5.78 Å². The lowest BCUT2D eigenvalue weighted by molar-refractivity contribution is 0.103. The summed E-state index contributed by atoms with van der Waals surface area (Å²) in [6.45, 7) is 3.07. The summed E-state index contributed by atoms with van der Waals surface area (Å²) in [7, 11) is 0. The first-order valence-corrected chi connectivity index (χ1v) is 9.17. The van der Waals surface area contributed by atoms with Gasteiger partial charge >= 0.3 is 0 Å². The highest BCUT2D eigenvalue weighted by molar-refractivity contribution is 9.10. The molecule has 26 heavy (non-hydrogen) atoms. The van der Waals surface area contributed by atoms with Gasteiger partial charge in [0, 0.05) is 12.1 Å². The highest BCUT2D eigenvalue weighted by Crippen LogP contribution is 2.22. The lowest BCUT2D eigenvalue weighted by Gasteiger charge is -2.09. The number of ether oxygens (including phenoxy) is 1. The number of carbonyl (C=O) groups excluding carboxylic acids is 1. The Labute approximate surface area is 161 Å². The molecule has 4 nitrogen and oxygen atoms in total. The van der Waals surface area contributed by atoms with Crippen molar-refractivity contribution in [3.05, 3.63) is 88.2 Å². The lowest BCUT2D eigenvalue weighted by atomic mass is 10.1. The van der Waals surface area contributed by atoms with E-state index < -0.39 is 0 Å². The van der Waals surface area contributed by atoms with Gasteiger partial charge in [-0.05, 0) is 46.6 Å². The van der Waals surface area contributed by atoms with Crippen LogP contribution in [0.4, 0.5) is 0 Å². The number of carbonyl (C=O) groups is 1. The number of hydrogen-bond donors (Lipinski definition) is 0. The molecule has 2 aromatic carbocycles. The Bertz CT molecular complexity index is 917. The zero-order valence-corrected chi connectivity index (χ0v) is 16.0. The van der Waals surface area contributed by atoms with Gasteiger partial charge in [0.1, 0.15) is 18.1 Å². The molecule has 0 N–H and O–H groups in total. The first-order chi connectivity index (χ1) is 12.7. The Morgan fingerprint density at radius 1 is 1.15 bits per heavy atom. The van der Waals surface area contributed by atoms with E-state index in [1.165, 1.54) is 0 Å². The minimum atomic E-state index is -0.103. The SMILES string of the molecule is CCn1ncc(Br)c1C(=O)/C=C/c1ccccc1OCc1ccccc1. The fourth-order valence-electron chi connectivity index (χ4n) is 2.58. The van der Waals surface area contributed by atoms with Crippen LogP contribution in [0.1, 0.15) is 28.5 Å². The van der Waals surface area contributed by atoms with Gasteiger partial charge in [-0.15, -0.1) is 0 Å². The Morgan fingerprint density at radius 3 is 2.65 bits per heavy atom. The summed E-state index contributed by atoms with van der Waals surface area (Å²) in [4.78, 5) is 12.6. The first kappa shape index (κ1) is 18.1. The maximum Gasteiger partial charge on any atom is 0.205 e. The van der Waals surface area contributed by atoms with E-state index in [-0.39, 0.29) is 5.78 Å². The number of benzene rings is 2. The largest absolute Gasteiger partial charge is 0.488 e. The van der Waals surface area contributed by atoms with Gasteiger partial charge < -0.3 is 4.74 Å². The van der Waals surface area contributed by atoms with Crippen molar-refractivity contribution in [2.75, 3.05) is 0 Å². The summed E-state index contributed by atoms with van der Waals surface area (Å²) in [5.41, 5.74) is 2.50. The molecule has 5 heteroatoms. The molecule has 0 bridgehead atoms. The predicted octanol–water partition coefficient (Wildman–Crippen LogP) is 5.14. The Hall–Kier alpha value is -2.66. The van der Waals surface area contributed by atoms with Crippen LogP contribution in [0.3, 0.4) is 0 Å². The number of aromatic nitrogens is 2. The number of hydrogen-bond acceptors (Lipinski definition) is 3. The van der Waals surface area contributed by atoms with Crippen molar-refractivity contribution >= 4 is 27.8 Å². The molecule has 0 radical (unpaired) electrons. The number of allylic oxidation sites excluding steroid dienone is 1. The Morgan fingerprint density at radius 2 is 1.88 bits per heavy atom. The molecule has 0 saturated carbocycles. The van der Waals surface area contributed by atoms with E-state index in [1.807, 2.05) is 61.5 Å². The van der Waals surface area contributed by atoms with E-state index in [4.69, 9.17) is 4.74 Å². The molecule has 0 spiro atoms. The summed E-state index contributed by atoms with van der Waals surface area (Å²) >= 11 is 3.39. The van der Waals surface area contributed by atoms with Crippen LogP contribution in [0.15, 0.2) is 71.3 Å². The molecule has 0 amide bonds. The van der Waals surface area contributed by atoms with Gasteiger partial charge in [-0.25, -0.2) is 0 Å². The van der Waals surface area contributed by atoms with Crippen LogP contribution >= 0.6 is 15.9 Å². The quantitative estimate of drug-likeness (QED) is 0.400. The second-order valence-electron chi connectivity index (χ2n) is 5.67. The third-order valence-corrected chi connectivity index (χ3v) is 4.48. The molecule has 0 aliphatic carbocycles. The van der Waals surface area contributed by atoms with Crippen molar-refractivity contribution in [2.24, 2.45) is 0 Å². The molecular formula is C21H19BrN2O2. The van der Waals surface area contributed by atoms with Gasteiger partial charge in [0.25, 0.3) is 0 Å².